The van der Waals surface area contributed by atoms with Gasteiger partial charge in [0.15, 0.2) is 0 Å². The summed E-state index contributed by atoms with van der Waals surface area (Å²) in [6, 6.07) is 6.52. The van der Waals surface area contributed by atoms with Crippen LogP contribution in [-0.2, 0) is 19.6 Å². The molecular formula is C16H21F3N2O4S. The number of carbonyl (C=O) groups is 1. The predicted octanol–water partition coefficient (Wildman–Crippen LogP) is 1.80. The summed E-state index contributed by atoms with van der Waals surface area (Å²) in [6.07, 6.45) is -4.58. The monoisotopic (exact) mass is 394 g/mol. The molecule has 0 aliphatic carbocycles. The smallest absolute Gasteiger partial charge is 0.372 e. The van der Waals surface area contributed by atoms with E-state index in [2.05, 4.69) is 4.74 Å². The van der Waals surface area contributed by atoms with E-state index in [1.54, 1.807) is 24.3 Å². The van der Waals surface area contributed by atoms with Gasteiger partial charge in [-0.15, -0.1) is 0 Å². The van der Waals surface area contributed by atoms with Crippen LogP contribution in [0.3, 0.4) is 0 Å². The van der Waals surface area contributed by atoms with E-state index < -0.39 is 22.8 Å². The number of sulfonamides is 1. The van der Waals surface area contributed by atoms with E-state index in [0.717, 1.165) is 5.56 Å². The van der Waals surface area contributed by atoms with Crippen molar-refractivity contribution in [1.29, 1.82) is 0 Å². The molecule has 0 saturated carbocycles. The maximum atomic E-state index is 12.6. The van der Waals surface area contributed by atoms with Crippen molar-refractivity contribution in [3.8, 4) is 0 Å². The lowest BCUT2D eigenvalue weighted by atomic mass is 10.2. The second-order valence-corrected chi connectivity index (χ2v) is 7.95. The van der Waals surface area contributed by atoms with E-state index in [1.807, 2.05) is 6.92 Å². The summed E-state index contributed by atoms with van der Waals surface area (Å²) in [5, 5.41) is 0. The largest absolute Gasteiger partial charge is 0.411 e. The molecule has 1 aliphatic rings. The molecule has 1 aliphatic heterocycles. The Morgan fingerprint density at radius 1 is 1.12 bits per heavy atom. The van der Waals surface area contributed by atoms with Crippen LogP contribution in [0.5, 0.6) is 0 Å². The van der Waals surface area contributed by atoms with Gasteiger partial charge in [-0.1, -0.05) is 17.7 Å². The molecule has 1 aromatic carbocycles. The summed E-state index contributed by atoms with van der Waals surface area (Å²) in [4.78, 5) is 13.6. The fourth-order valence-corrected chi connectivity index (χ4v) is 3.96. The van der Waals surface area contributed by atoms with Crippen molar-refractivity contribution in [3.63, 3.8) is 0 Å². The van der Waals surface area contributed by atoms with E-state index >= 15 is 0 Å². The Morgan fingerprint density at radius 3 is 2.23 bits per heavy atom. The van der Waals surface area contributed by atoms with Gasteiger partial charge in [0.05, 0.1) is 17.9 Å². The third-order valence-corrected chi connectivity index (χ3v) is 5.89. The number of ether oxygens (including phenoxy) is 1. The van der Waals surface area contributed by atoms with Crippen LogP contribution in [0.25, 0.3) is 0 Å². The average Bonchev–Trinajstić information content (AvgIpc) is 2.58. The fourth-order valence-electron chi connectivity index (χ4n) is 2.54. The minimum absolute atomic E-state index is 0.144. The zero-order chi connectivity index (χ0) is 19.4. The zero-order valence-corrected chi connectivity index (χ0v) is 15.1. The van der Waals surface area contributed by atoms with Crippen molar-refractivity contribution in [2.45, 2.75) is 24.4 Å². The van der Waals surface area contributed by atoms with Crippen LogP contribution < -0.4 is 0 Å². The molecule has 146 valence electrons. The zero-order valence-electron chi connectivity index (χ0n) is 14.3. The topological polar surface area (TPSA) is 66.9 Å². The quantitative estimate of drug-likeness (QED) is 0.690. The van der Waals surface area contributed by atoms with Crippen molar-refractivity contribution in [3.05, 3.63) is 29.8 Å². The molecule has 0 aromatic heterocycles. The lowest BCUT2D eigenvalue weighted by Crippen LogP contribution is -2.50. The number of amides is 1. The number of halogens is 3. The summed E-state index contributed by atoms with van der Waals surface area (Å²) in [7, 11) is -3.62. The van der Waals surface area contributed by atoms with E-state index in [9.17, 15) is 26.4 Å². The van der Waals surface area contributed by atoms with Crippen molar-refractivity contribution in [2.75, 3.05) is 39.4 Å². The molecule has 0 unspecified atom stereocenters. The van der Waals surface area contributed by atoms with Crippen molar-refractivity contribution < 1.29 is 31.1 Å². The van der Waals surface area contributed by atoms with Crippen LogP contribution in [0.1, 0.15) is 12.0 Å². The molecule has 0 spiro atoms. The maximum Gasteiger partial charge on any atom is 0.411 e. The molecule has 0 N–H and O–H groups in total. The summed E-state index contributed by atoms with van der Waals surface area (Å²) in [5.41, 5.74) is 0.951. The highest BCUT2D eigenvalue weighted by molar-refractivity contribution is 7.89. The summed E-state index contributed by atoms with van der Waals surface area (Å²) >= 11 is 0. The number of hydrogen-bond acceptors (Lipinski definition) is 4. The molecule has 1 aromatic rings. The van der Waals surface area contributed by atoms with Crippen molar-refractivity contribution in [1.82, 2.24) is 9.21 Å². The SMILES string of the molecule is Cc1ccc(S(=O)(=O)N2CCN(C(=O)CCOCC(F)(F)F)CC2)cc1. The third-order valence-electron chi connectivity index (χ3n) is 3.98. The lowest BCUT2D eigenvalue weighted by Gasteiger charge is -2.34. The van der Waals surface area contributed by atoms with Crippen LogP contribution in [0.15, 0.2) is 29.2 Å². The van der Waals surface area contributed by atoms with Gasteiger partial charge in [0.1, 0.15) is 6.61 Å². The minimum atomic E-state index is -4.42. The van der Waals surface area contributed by atoms with Gasteiger partial charge in [0, 0.05) is 26.2 Å². The van der Waals surface area contributed by atoms with E-state index in [-0.39, 0.29) is 50.0 Å². The molecule has 1 amide bonds. The standard InChI is InChI=1S/C16H21F3N2O4S/c1-13-2-4-14(5-3-13)26(23,24)21-9-7-20(8-10-21)15(22)6-11-25-12-16(17,18)19/h2-5H,6-12H2,1H3. The summed E-state index contributed by atoms with van der Waals surface area (Å²) in [5.74, 6) is -0.348. The first kappa shape index (κ1) is 20.7. The molecule has 1 heterocycles. The molecule has 0 radical (unpaired) electrons. The predicted molar refractivity (Wildman–Crippen MR) is 88.0 cm³/mol. The van der Waals surface area contributed by atoms with Crippen LogP contribution in [0.4, 0.5) is 13.2 Å². The number of aryl methyl sites for hydroxylation is 1. The van der Waals surface area contributed by atoms with Crippen molar-refractivity contribution >= 4 is 15.9 Å². The molecule has 1 fully saturated rings. The van der Waals surface area contributed by atoms with Crippen LogP contribution in [0, 0.1) is 6.92 Å². The van der Waals surface area contributed by atoms with Gasteiger partial charge in [-0.3, -0.25) is 4.79 Å². The number of nitrogens with zero attached hydrogens (tertiary/aromatic N) is 2. The van der Waals surface area contributed by atoms with Gasteiger partial charge in [-0.2, -0.15) is 17.5 Å². The Kier molecular flexibility index (Phi) is 6.64. The van der Waals surface area contributed by atoms with Gasteiger partial charge in [0.2, 0.25) is 15.9 Å². The second kappa shape index (κ2) is 8.36. The number of carbonyl (C=O) groups excluding carboxylic acids is 1. The number of hydrogen-bond donors (Lipinski definition) is 0. The molecule has 26 heavy (non-hydrogen) atoms. The molecule has 10 heteroatoms. The molecule has 2 rings (SSSR count). The Bertz CT molecular complexity index is 712. The van der Waals surface area contributed by atoms with Gasteiger partial charge >= 0.3 is 6.18 Å². The Morgan fingerprint density at radius 2 is 1.69 bits per heavy atom. The first-order valence-electron chi connectivity index (χ1n) is 8.09. The van der Waals surface area contributed by atoms with Gasteiger partial charge < -0.3 is 9.64 Å². The minimum Gasteiger partial charge on any atom is -0.372 e. The fraction of sp³-hybridized carbons (Fsp3) is 0.562. The molecule has 1 saturated heterocycles. The number of alkyl halides is 3. The number of rotatable bonds is 6. The van der Waals surface area contributed by atoms with Gasteiger partial charge in [0.25, 0.3) is 0 Å². The highest BCUT2D eigenvalue weighted by Gasteiger charge is 2.30. The lowest BCUT2D eigenvalue weighted by molar-refractivity contribution is -0.175. The first-order chi connectivity index (χ1) is 12.1. The highest BCUT2D eigenvalue weighted by atomic mass is 32.2. The maximum absolute atomic E-state index is 12.6. The third kappa shape index (κ3) is 5.68. The van der Waals surface area contributed by atoms with Crippen molar-refractivity contribution in [2.24, 2.45) is 0 Å². The molecule has 0 bridgehead atoms. The summed E-state index contributed by atoms with van der Waals surface area (Å²) < 4.78 is 66.8. The Balaban J connectivity index is 1.82. The van der Waals surface area contributed by atoms with E-state index in [1.165, 1.54) is 9.21 Å². The van der Waals surface area contributed by atoms with Crippen LogP contribution in [0.2, 0.25) is 0 Å². The first-order valence-corrected chi connectivity index (χ1v) is 9.53. The Labute approximate surface area is 150 Å². The normalized spacial score (nSPS) is 16.7. The summed E-state index contributed by atoms with van der Waals surface area (Å²) in [6.45, 7) is 0.839. The van der Waals surface area contributed by atoms with Crippen LogP contribution in [-0.4, -0.2) is 69.1 Å². The molecule has 0 atom stereocenters. The van der Waals surface area contributed by atoms with Gasteiger partial charge in [-0.05, 0) is 19.1 Å². The highest BCUT2D eigenvalue weighted by Crippen LogP contribution is 2.19. The number of piperazine rings is 1. The average molecular weight is 394 g/mol. The van der Waals surface area contributed by atoms with Gasteiger partial charge in [-0.25, -0.2) is 8.42 Å². The second-order valence-electron chi connectivity index (χ2n) is 6.02. The molecular weight excluding hydrogens is 373 g/mol. The van der Waals surface area contributed by atoms with E-state index in [0.29, 0.717) is 0 Å². The van der Waals surface area contributed by atoms with E-state index in [4.69, 9.17) is 0 Å². The van der Waals surface area contributed by atoms with Crippen LogP contribution >= 0.6 is 0 Å². The molecule has 6 nitrogen and oxygen atoms in total. The number of benzene rings is 1. The Hall–Kier alpha value is -1.65.